The molecule has 1 spiro atoms. The molecule has 0 fully saturated rings. The van der Waals surface area contributed by atoms with Crippen molar-refractivity contribution in [2.24, 2.45) is 0 Å². The molecule has 2 aliphatic rings. The van der Waals surface area contributed by atoms with E-state index in [-0.39, 0.29) is 5.41 Å². The van der Waals surface area contributed by atoms with Crippen molar-refractivity contribution < 1.29 is 4.74 Å². The smallest absolute Gasteiger partial charge is 0.132 e. The van der Waals surface area contributed by atoms with E-state index < -0.39 is 0 Å². The monoisotopic (exact) mass is 336 g/mol. The van der Waals surface area contributed by atoms with Crippen molar-refractivity contribution in [2.75, 3.05) is 0 Å². The van der Waals surface area contributed by atoms with E-state index in [1.807, 2.05) is 13.0 Å². The number of benzene rings is 3. The zero-order valence-electron chi connectivity index (χ0n) is 15.0. The van der Waals surface area contributed by atoms with E-state index in [1.165, 1.54) is 33.4 Å². The van der Waals surface area contributed by atoms with Crippen molar-refractivity contribution in [1.82, 2.24) is 0 Å². The first kappa shape index (κ1) is 15.2. The van der Waals surface area contributed by atoms with Gasteiger partial charge in [-0.3, -0.25) is 0 Å². The van der Waals surface area contributed by atoms with Crippen molar-refractivity contribution in [3.05, 3.63) is 113 Å². The average Bonchev–Trinajstić information content (AvgIpc) is 3.00. The normalized spacial score (nSPS) is 19.2. The topological polar surface area (TPSA) is 9.23 Å². The summed E-state index contributed by atoms with van der Waals surface area (Å²) in [5, 5.41) is 0. The molecule has 0 unspecified atom stereocenters. The molecule has 1 aliphatic heterocycles. The Morgan fingerprint density at radius 2 is 1.19 bits per heavy atom. The third kappa shape index (κ3) is 1.70. The summed E-state index contributed by atoms with van der Waals surface area (Å²) < 4.78 is 6.29. The molecule has 0 atom stereocenters. The summed E-state index contributed by atoms with van der Waals surface area (Å²) in [6.45, 7) is 4.16. The number of hydrogen-bond donors (Lipinski definition) is 0. The molecule has 5 rings (SSSR count). The van der Waals surface area contributed by atoms with Crippen molar-refractivity contribution in [3.8, 4) is 16.9 Å². The Morgan fingerprint density at radius 1 is 0.654 bits per heavy atom. The van der Waals surface area contributed by atoms with Crippen LogP contribution in [0.2, 0.25) is 0 Å². The number of ether oxygens (including phenoxy) is 1. The summed E-state index contributed by atoms with van der Waals surface area (Å²) in [4.78, 5) is 0. The first-order valence-electron chi connectivity index (χ1n) is 9.12. The highest BCUT2D eigenvalue weighted by Crippen LogP contribution is 2.61. The number of para-hydroxylation sites is 1. The van der Waals surface area contributed by atoms with Crippen molar-refractivity contribution in [1.29, 1.82) is 0 Å². The Balaban J connectivity index is 2.02. The summed E-state index contributed by atoms with van der Waals surface area (Å²) in [5.41, 5.74) is 7.42. The molecule has 1 aliphatic carbocycles. The second kappa shape index (κ2) is 5.47. The third-order valence-electron chi connectivity index (χ3n) is 5.68. The predicted octanol–water partition coefficient (Wildman–Crippen LogP) is 6.24. The standard InChI is InChI=1S/C25H20O/c1-3-19-23(4-2)26-24-16-10-9-15-22(24)25(19)20-13-7-5-11-17(20)18-12-6-8-14-21(18)25/h3-16H,1-2H3/b19-3+,23-4+. The maximum absolute atomic E-state index is 6.29. The molecule has 0 saturated heterocycles. The molecule has 0 radical (unpaired) electrons. The number of allylic oxidation sites excluding steroid dienone is 3. The van der Waals surface area contributed by atoms with Crippen molar-refractivity contribution in [3.63, 3.8) is 0 Å². The van der Waals surface area contributed by atoms with Gasteiger partial charge in [-0.2, -0.15) is 0 Å². The Kier molecular flexibility index (Phi) is 3.20. The van der Waals surface area contributed by atoms with Crippen LogP contribution < -0.4 is 4.74 Å². The van der Waals surface area contributed by atoms with Gasteiger partial charge in [0.15, 0.2) is 0 Å². The van der Waals surface area contributed by atoms with E-state index in [9.17, 15) is 0 Å². The van der Waals surface area contributed by atoms with Crippen LogP contribution in [0.1, 0.15) is 30.5 Å². The largest absolute Gasteiger partial charge is 0.457 e. The summed E-state index contributed by atoms with van der Waals surface area (Å²) >= 11 is 0. The molecule has 0 amide bonds. The summed E-state index contributed by atoms with van der Waals surface area (Å²) in [7, 11) is 0. The van der Waals surface area contributed by atoms with E-state index in [1.54, 1.807) is 0 Å². The molecule has 3 aromatic rings. The summed E-state index contributed by atoms with van der Waals surface area (Å²) in [6, 6.07) is 26.0. The zero-order valence-corrected chi connectivity index (χ0v) is 15.0. The molecule has 26 heavy (non-hydrogen) atoms. The summed E-state index contributed by atoms with van der Waals surface area (Å²) in [6.07, 6.45) is 4.29. The van der Waals surface area contributed by atoms with Gasteiger partial charge in [0, 0.05) is 11.1 Å². The molecular weight excluding hydrogens is 316 g/mol. The zero-order chi connectivity index (χ0) is 17.7. The summed E-state index contributed by atoms with van der Waals surface area (Å²) in [5.74, 6) is 1.88. The number of fused-ring (bicyclic) bond motifs is 7. The van der Waals surface area contributed by atoms with Gasteiger partial charge in [-0.25, -0.2) is 0 Å². The first-order chi connectivity index (χ1) is 12.8. The van der Waals surface area contributed by atoms with Gasteiger partial charge in [-0.1, -0.05) is 72.8 Å². The Morgan fingerprint density at radius 3 is 1.77 bits per heavy atom. The van der Waals surface area contributed by atoms with Gasteiger partial charge in [0.1, 0.15) is 11.5 Å². The Hall–Kier alpha value is -3.06. The number of hydrogen-bond acceptors (Lipinski definition) is 1. The number of rotatable bonds is 0. The highest BCUT2D eigenvalue weighted by atomic mass is 16.5. The molecule has 1 heterocycles. The predicted molar refractivity (Wildman–Crippen MR) is 106 cm³/mol. The van der Waals surface area contributed by atoms with Crippen LogP contribution in [0, 0.1) is 0 Å². The molecule has 0 N–H and O–H groups in total. The molecule has 126 valence electrons. The first-order valence-corrected chi connectivity index (χ1v) is 9.12. The van der Waals surface area contributed by atoms with Gasteiger partial charge >= 0.3 is 0 Å². The molecular formula is C25H20O. The third-order valence-corrected chi connectivity index (χ3v) is 5.68. The Bertz CT molecular complexity index is 1040. The minimum absolute atomic E-state index is 0.321. The second-order valence-electron chi connectivity index (χ2n) is 6.79. The van der Waals surface area contributed by atoms with Crippen molar-refractivity contribution in [2.45, 2.75) is 19.3 Å². The van der Waals surface area contributed by atoms with E-state index in [0.29, 0.717) is 0 Å². The van der Waals surface area contributed by atoms with Gasteiger partial charge in [-0.15, -0.1) is 0 Å². The van der Waals surface area contributed by atoms with Gasteiger partial charge in [0.05, 0.1) is 5.41 Å². The van der Waals surface area contributed by atoms with Crippen LogP contribution in [0.5, 0.6) is 5.75 Å². The SMILES string of the molecule is C/C=C1\C(=C/C)Oc2ccccc2C12c1ccccc1-c1ccccc12. The fourth-order valence-corrected chi connectivity index (χ4v) is 4.76. The van der Waals surface area contributed by atoms with Gasteiger partial charge in [0.25, 0.3) is 0 Å². The van der Waals surface area contributed by atoms with Crippen molar-refractivity contribution >= 4 is 0 Å². The van der Waals surface area contributed by atoms with Crippen LogP contribution in [0.25, 0.3) is 11.1 Å². The molecule has 1 heteroatoms. The minimum Gasteiger partial charge on any atom is -0.457 e. The Labute approximate surface area is 154 Å². The minimum atomic E-state index is -0.321. The van der Waals surface area contributed by atoms with Crippen LogP contribution >= 0.6 is 0 Å². The van der Waals surface area contributed by atoms with E-state index >= 15 is 0 Å². The van der Waals surface area contributed by atoms with E-state index in [4.69, 9.17) is 4.74 Å². The molecule has 1 nitrogen and oxygen atoms in total. The van der Waals surface area contributed by atoms with Crippen LogP contribution in [0.15, 0.2) is 96.3 Å². The lowest BCUT2D eigenvalue weighted by molar-refractivity contribution is 0.388. The van der Waals surface area contributed by atoms with Gasteiger partial charge < -0.3 is 4.74 Å². The van der Waals surface area contributed by atoms with Gasteiger partial charge in [0.2, 0.25) is 0 Å². The molecule has 0 saturated carbocycles. The molecule has 0 bridgehead atoms. The fraction of sp³-hybridized carbons (Fsp3) is 0.120. The van der Waals surface area contributed by atoms with E-state index in [2.05, 4.69) is 85.8 Å². The molecule has 3 aromatic carbocycles. The highest BCUT2D eigenvalue weighted by Gasteiger charge is 2.51. The lowest BCUT2D eigenvalue weighted by atomic mass is 9.65. The maximum atomic E-state index is 6.29. The van der Waals surface area contributed by atoms with Crippen LogP contribution in [0.4, 0.5) is 0 Å². The van der Waals surface area contributed by atoms with Crippen LogP contribution in [-0.4, -0.2) is 0 Å². The van der Waals surface area contributed by atoms with Crippen LogP contribution in [-0.2, 0) is 5.41 Å². The average molecular weight is 336 g/mol. The second-order valence-corrected chi connectivity index (χ2v) is 6.79. The lowest BCUT2D eigenvalue weighted by Crippen LogP contribution is -2.35. The highest BCUT2D eigenvalue weighted by molar-refractivity contribution is 5.88. The lowest BCUT2D eigenvalue weighted by Gasteiger charge is -2.41. The molecule has 0 aromatic heterocycles. The quantitative estimate of drug-likeness (QED) is 0.472. The van der Waals surface area contributed by atoms with Crippen LogP contribution in [0.3, 0.4) is 0 Å². The fourth-order valence-electron chi connectivity index (χ4n) is 4.76. The van der Waals surface area contributed by atoms with E-state index in [0.717, 1.165) is 11.5 Å². The van der Waals surface area contributed by atoms with Gasteiger partial charge in [-0.05, 0) is 48.2 Å². The maximum Gasteiger partial charge on any atom is 0.132 e.